The van der Waals surface area contributed by atoms with Gasteiger partial charge in [-0.05, 0) is 18.6 Å². The van der Waals surface area contributed by atoms with Crippen LogP contribution in [0.5, 0.6) is 5.75 Å². The summed E-state index contributed by atoms with van der Waals surface area (Å²) in [7, 11) is 0. The first-order valence-electron chi connectivity index (χ1n) is 5.84. The molecule has 3 rings (SSSR count). The third kappa shape index (κ3) is 1.86. The second-order valence-corrected chi connectivity index (χ2v) is 4.37. The van der Waals surface area contributed by atoms with E-state index in [1.54, 1.807) is 0 Å². The van der Waals surface area contributed by atoms with Gasteiger partial charge in [-0.2, -0.15) is 0 Å². The first-order valence-corrected chi connectivity index (χ1v) is 5.84. The van der Waals surface area contributed by atoms with Crippen molar-refractivity contribution in [3.8, 4) is 16.9 Å². The molecule has 0 atom stereocenters. The largest absolute Gasteiger partial charge is 0.487 e. The Bertz CT molecular complexity index is 605. The Morgan fingerprint density at radius 2 is 2.00 bits per heavy atom. The highest BCUT2D eigenvalue weighted by molar-refractivity contribution is 5.89. The second kappa shape index (κ2) is 4.22. The summed E-state index contributed by atoms with van der Waals surface area (Å²) in [5.74, 6) is 1.62. The van der Waals surface area contributed by atoms with Crippen molar-refractivity contribution in [2.75, 3.05) is 6.61 Å². The first kappa shape index (κ1) is 10.9. The fourth-order valence-corrected chi connectivity index (χ4v) is 2.11. The lowest BCUT2D eigenvalue weighted by Gasteiger charge is -2.20. The molecule has 0 fully saturated rings. The molecule has 2 aromatic rings. The average molecular weight is 239 g/mol. The van der Waals surface area contributed by atoms with Crippen molar-refractivity contribution in [2.24, 2.45) is 0 Å². The van der Waals surface area contributed by atoms with E-state index in [0.29, 0.717) is 18.7 Å². The molecule has 4 heteroatoms. The summed E-state index contributed by atoms with van der Waals surface area (Å²) in [6.07, 6.45) is 4.27. The van der Waals surface area contributed by atoms with Crippen molar-refractivity contribution < 1.29 is 4.74 Å². The molecule has 4 nitrogen and oxygen atoms in total. The number of aryl methyl sites for hydroxylation is 1. The van der Waals surface area contributed by atoms with Crippen LogP contribution >= 0.6 is 0 Å². The molecule has 0 radical (unpaired) electrons. The van der Waals surface area contributed by atoms with E-state index in [1.165, 1.54) is 0 Å². The fraction of sp³-hybridized carbons (Fsp3) is 0.214. The van der Waals surface area contributed by atoms with Crippen LogP contribution in [0, 0.1) is 12.3 Å². The molecule has 0 saturated carbocycles. The van der Waals surface area contributed by atoms with Gasteiger partial charge >= 0.3 is 0 Å². The van der Waals surface area contributed by atoms with E-state index in [0.717, 1.165) is 28.3 Å². The molecular weight excluding hydrogens is 226 g/mol. The third-order valence-corrected chi connectivity index (χ3v) is 3.02. The Hall–Kier alpha value is -2.23. The van der Waals surface area contributed by atoms with Gasteiger partial charge in [0.25, 0.3) is 0 Å². The van der Waals surface area contributed by atoms with Crippen LogP contribution in [0.4, 0.5) is 0 Å². The highest BCUT2D eigenvalue weighted by Crippen LogP contribution is 2.32. The molecule has 1 aromatic carbocycles. The summed E-state index contributed by atoms with van der Waals surface area (Å²) in [6, 6.07) is 5.93. The minimum atomic E-state index is 0.390. The van der Waals surface area contributed by atoms with E-state index < -0.39 is 0 Å². The van der Waals surface area contributed by atoms with Crippen LogP contribution in [-0.2, 0) is 6.42 Å². The van der Waals surface area contributed by atoms with Crippen molar-refractivity contribution in [1.82, 2.24) is 9.97 Å². The van der Waals surface area contributed by atoms with Gasteiger partial charge in [-0.1, -0.05) is 12.1 Å². The molecule has 90 valence electrons. The highest BCUT2D eigenvalue weighted by Gasteiger charge is 2.18. The maximum atomic E-state index is 7.76. The molecule has 0 spiro atoms. The summed E-state index contributed by atoms with van der Waals surface area (Å²) in [6.45, 7) is 2.25. The molecule has 1 aliphatic heterocycles. The van der Waals surface area contributed by atoms with Gasteiger partial charge in [-0.3, -0.25) is 0 Å². The number of hydrogen-bond donors (Lipinski definition) is 1. The summed E-state index contributed by atoms with van der Waals surface area (Å²) in [5.41, 5.74) is 3.68. The lowest BCUT2D eigenvalue weighted by molar-refractivity contribution is 0.361. The zero-order chi connectivity index (χ0) is 12.5. The van der Waals surface area contributed by atoms with Crippen LogP contribution in [0.15, 0.2) is 30.6 Å². The number of hydrogen-bond acceptors (Lipinski definition) is 4. The summed E-state index contributed by atoms with van der Waals surface area (Å²) < 4.78 is 5.56. The van der Waals surface area contributed by atoms with Crippen molar-refractivity contribution in [2.45, 2.75) is 13.3 Å². The number of rotatable bonds is 1. The second-order valence-electron chi connectivity index (χ2n) is 4.37. The van der Waals surface area contributed by atoms with E-state index in [4.69, 9.17) is 10.1 Å². The molecular formula is C14H13N3O. The number of fused-ring (bicyclic) bond motifs is 1. The van der Waals surface area contributed by atoms with Crippen LogP contribution in [0.25, 0.3) is 11.1 Å². The lowest BCUT2D eigenvalue weighted by Crippen LogP contribution is -2.20. The Morgan fingerprint density at radius 3 is 2.78 bits per heavy atom. The Labute approximate surface area is 105 Å². The molecule has 0 bridgehead atoms. The van der Waals surface area contributed by atoms with Crippen molar-refractivity contribution in [1.29, 1.82) is 5.41 Å². The van der Waals surface area contributed by atoms with Crippen molar-refractivity contribution in [3.05, 3.63) is 42.0 Å². The van der Waals surface area contributed by atoms with Crippen molar-refractivity contribution in [3.63, 3.8) is 0 Å². The van der Waals surface area contributed by atoms with E-state index in [1.807, 2.05) is 37.5 Å². The fourth-order valence-electron chi connectivity index (χ4n) is 2.11. The Morgan fingerprint density at radius 1 is 1.22 bits per heavy atom. The summed E-state index contributed by atoms with van der Waals surface area (Å²) in [5, 5.41) is 7.76. The van der Waals surface area contributed by atoms with Gasteiger partial charge in [0.05, 0.1) is 5.71 Å². The first-order chi connectivity index (χ1) is 8.74. The zero-order valence-electron chi connectivity index (χ0n) is 10.1. The van der Waals surface area contributed by atoms with Gasteiger partial charge in [0.15, 0.2) is 0 Å². The third-order valence-electron chi connectivity index (χ3n) is 3.02. The monoisotopic (exact) mass is 239 g/mol. The molecule has 0 saturated heterocycles. The van der Waals surface area contributed by atoms with Crippen LogP contribution in [0.3, 0.4) is 0 Å². The molecule has 1 aromatic heterocycles. The predicted molar refractivity (Wildman–Crippen MR) is 69.1 cm³/mol. The molecule has 0 aliphatic carbocycles. The molecule has 1 N–H and O–H groups in total. The van der Waals surface area contributed by atoms with E-state index >= 15 is 0 Å². The van der Waals surface area contributed by atoms with Crippen LogP contribution < -0.4 is 4.74 Å². The SMILES string of the molecule is Cc1ncc(-c2cccc3c2CC(=N)CO3)cn1. The van der Waals surface area contributed by atoms with Gasteiger partial charge in [-0.15, -0.1) is 0 Å². The minimum Gasteiger partial charge on any atom is -0.487 e. The number of benzene rings is 1. The van der Waals surface area contributed by atoms with E-state index in [-0.39, 0.29) is 0 Å². The van der Waals surface area contributed by atoms with Gasteiger partial charge in [0.2, 0.25) is 0 Å². The molecule has 2 heterocycles. The van der Waals surface area contributed by atoms with Crippen LogP contribution in [0.2, 0.25) is 0 Å². The standard InChI is InChI=1S/C14H13N3O/c1-9-16-6-10(7-17-9)12-3-2-4-14-13(12)5-11(15)8-18-14/h2-4,6-7,15H,5,8H2,1H3. The average Bonchev–Trinajstić information content (AvgIpc) is 2.39. The van der Waals surface area contributed by atoms with Gasteiger partial charge < -0.3 is 10.1 Å². The van der Waals surface area contributed by atoms with Crippen LogP contribution in [-0.4, -0.2) is 22.3 Å². The summed E-state index contributed by atoms with van der Waals surface area (Å²) in [4.78, 5) is 8.44. The highest BCUT2D eigenvalue weighted by atomic mass is 16.5. The maximum Gasteiger partial charge on any atom is 0.126 e. The normalized spacial score (nSPS) is 13.9. The van der Waals surface area contributed by atoms with Gasteiger partial charge in [0.1, 0.15) is 18.2 Å². The number of nitrogens with one attached hydrogen (secondary N) is 1. The number of aromatic nitrogens is 2. The Balaban J connectivity index is 2.12. The number of nitrogens with zero attached hydrogens (tertiary/aromatic N) is 2. The van der Waals surface area contributed by atoms with Crippen molar-refractivity contribution >= 4 is 5.71 Å². The van der Waals surface area contributed by atoms with Gasteiger partial charge in [-0.25, -0.2) is 9.97 Å². The van der Waals surface area contributed by atoms with E-state index in [2.05, 4.69) is 9.97 Å². The maximum absolute atomic E-state index is 7.76. The summed E-state index contributed by atoms with van der Waals surface area (Å²) >= 11 is 0. The van der Waals surface area contributed by atoms with Gasteiger partial charge in [0, 0.05) is 29.9 Å². The quantitative estimate of drug-likeness (QED) is 0.831. The lowest BCUT2D eigenvalue weighted by atomic mass is 9.95. The smallest absolute Gasteiger partial charge is 0.126 e. The molecule has 0 amide bonds. The molecule has 0 unspecified atom stereocenters. The molecule has 18 heavy (non-hydrogen) atoms. The van der Waals surface area contributed by atoms with E-state index in [9.17, 15) is 0 Å². The minimum absolute atomic E-state index is 0.390. The topological polar surface area (TPSA) is 58.9 Å². The van der Waals surface area contributed by atoms with Crippen LogP contribution in [0.1, 0.15) is 11.4 Å². The zero-order valence-corrected chi connectivity index (χ0v) is 10.1. The predicted octanol–water partition coefficient (Wildman–Crippen LogP) is 2.41. The molecule has 1 aliphatic rings. The number of ether oxygens (including phenoxy) is 1. The Kier molecular flexibility index (Phi) is 2.55.